The molecule has 1 aliphatic rings. The van der Waals surface area contributed by atoms with Crippen LogP contribution in [0.5, 0.6) is 0 Å². The Morgan fingerprint density at radius 3 is 2.32 bits per heavy atom. The van der Waals surface area contributed by atoms with Crippen molar-refractivity contribution in [3.63, 3.8) is 0 Å². The number of rotatable bonds is 2. The number of hydrogen-bond acceptors (Lipinski definition) is 4. The van der Waals surface area contributed by atoms with E-state index in [4.69, 9.17) is 0 Å². The summed E-state index contributed by atoms with van der Waals surface area (Å²) < 4.78 is 0. The summed E-state index contributed by atoms with van der Waals surface area (Å²) >= 11 is 0. The number of nitrogens with zero attached hydrogens (tertiary/aromatic N) is 1. The van der Waals surface area contributed by atoms with Crippen molar-refractivity contribution in [2.75, 3.05) is 0 Å². The molecule has 1 aliphatic heterocycles. The first-order valence-corrected chi connectivity index (χ1v) is 5.59. The first-order valence-electron chi connectivity index (χ1n) is 5.59. The van der Waals surface area contributed by atoms with Gasteiger partial charge in [-0.15, -0.1) is 0 Å². The van der Waals surface area contributed by atoms with Crippen molar-refractivity contribution in [3.05, 3.63) is 47.2 Å². The molecule has 0 N–H and O–H groups in total. The Bertz CT molecular complexity index is 576. The Morgan fingerprint density at radius 2 is 1.79 bits per heavy atom. The fraction of sp³-hybridized carbons (Fsp3) is 0.214. The number of benzene rings is 1. The van der Waals surface area contributed by atoms with E-state index in [9.17, 15) is 14.7 Å². The van der Waals surface area contributed by atoms with Crippen LogP contribution in [0.25, 0.3) is 0 Å². The molecule has 5 heteroatoms. The molecule has 0 saturated carbocycles. The van der Waals surface area contributed by atoms with Crippen molar-refractivity contribution in [1.29, 1.82) is 0 Å². The second-order valence-corrected chi connectivity index (χ2v) is 4.21. The number of ketones is 1. The first-order chi connectivity index (χ1) is 8.52. The van der Waals surface area contributed by atoms with E-state index in [0.717, 1.165) is 5.56 Å². The summed E-state index contributed by atoms with van der Waals surface area (Å²) in [6.45, 7) is 3.23. The van der Waals surface area contributed by atoms with Gasteiger partial charge in [0.2, 0.25) is 0 Å². The SMILES string of the molecule is CC1=NC(C)=C(C(=O)[O-])C(=O)C1c1ccccc1.[Na+]. The van der Waals surface area contributed by atoms with Crippen molar-refractivity contribution in [1.82, 2.24) is 0 Å². The van der Waals surface area contributed by atoms with Gasteiger partial charge in [0.15, 0.2) is 5.78 Å². The number of carboxylic acid groups (broad SMARTS) is 1. The second kappa shape index (κ2) is 6.28. The van der Waals surface area contributed by atoms with Gasteiger partial charge >= 0.3 is 29.6 Å². The van der Waals surface area contributed by atoms with Gasteiger partial charge in [0, 0.05) is 11.4 Å². The number of carbonyl (C=O) groups excluding carboxylic acids is 2. The Hall–Kier alpha value is -1.23. The molecule has 1 aromatic carbocycles. The number of allylic oxidation sites excluding steroid dienone is 1. The van der Waals surface area contributed by atoms with Gasteiger partial charge in [0.25, 0.3) is 0 Å². The Morgan fingerprint density at radius 1 is 1.21 bits per heavy atom. The second-order valence-electron chi connectivity index (χ2n) is 4.21. The molecule has 1 heterocycles. The van der Waals surface area contributed by atoms with Crippen molar-refractivity contribution in [3.8, 4) is 0 Å². The van der Waals surface area contributed by atoms with Gasteiger partial charge in [-0.05, 0) is 19.4 Å². The van der Waals surface area contributed by atoms with Gasteiger partial charge in [-0.1, -0.05) is 30.3 Å². The van der Waals surface area contributed by atoms with E-state index < -0.39 is 17.7 Å². The molecule has 0 saturated heterocycles. The largest absolute Gasteiger partial charge is 1.00 e. The number of hydrogen-bond donors (Lipinski definition) is 0. The Labute approximate surface area is 133 Å². The molecule has 1 atom stereocenters. The molecule has 2 rings (SSSR count). The van der Waals surface area contributed by atoms with Crippen LogP contribution < -0.4 is 34.7 Å². The molecule has 0 radical (unpaired) electrons. The number of carbonyl (C=O) groups is 2. The summed E-state index contributed by atoms with van der Waals surface area (Å²) in [5.74, 6) is -2.54. The van der Waals surface area contributed by atoms with Crippen LogP contribution in [-0.2, 0) is 9.59 Å². The van der Waals surface area contributed by atoms with Crippen molar-refractivity contribution >= 4 is 17.5 Å². The third-order valence-electron chi connectivity index (χ3n) is 2.97. The average molecular weight is 265 g/mol. The van der Waals surface area contributed by atoms with Crippen LogP contribution in [0.15, 0.2) is 46.6 Å². The van der Waals surface area contributed by atoms with Crippen LogP contribution in [0.1, 0.15) is 25.3 Å². The standard InChI is InChI=1S/C14H13NO3.Na/c1-8-11(10-6-4-3-5-7-10)13(16)12(14(17)18)9(2)15-8;/h3-7,11H,1-2H3,(H,17,18);/q;+1/p-1. The average Bonchev–Trinajstić information content (AvgIpc) is 2.28. The van der Waals surface area contributed by atoms with E-state index in [0.29, 0.717) is 5.71 Å². The molecule has 1 aromatic rings. The molecular weight excluding hydrogens is 253 g/mol. The number of aliphatic imine (C=N–C) groups is 1. The van der Waals surface area contributed by atoms with Crippen LogP contribution in [0.2, 0.25) is 0 Å². The van der Waals surface area contributed by atoms with E-state index in [1.165, 1.54) is 6.92 Å². The molecule has 4 nitrogen and oxygen atoms in total. The molecule has 92 valence electrons. The molecule has 0 fully saturated rings. The maximum absolute atomic E-state index is 12.2. The van der Waals surface area contributed by atoms with Crippen LogP contribution in [0.3, 0.4) is 0 Å². The Kier molecular flexibility index (Phi) is 5.23. The zero-order valence-corrected chi connectivity index (χ0v) is 13.1. The smallest absolute Gasteiger partial charge is 0.545 e. The molecule has 1 unspecified atom stereocenters. The number of carboxylic acids is 1. The van der Waals surface area contributed by atoms with Crippen LogP contribution in [0.4, 0.5) is 0 Å². The molecule has 19 heavy (non-hydrogen) atoms. The fourth-order valence-electron chi connectivity index (χ4n) is 2.18. The van der Waals surface area contributed by atoms with Gasteiger partial charge in [-0.25, -0.2) is 0 Å². The minimum Gasteiger partial charge on any atom is -0.545 e. The quantitative estimate of drug-likeness (QED) is 0.452. The molecule has 0 spiro atoms. The number of Topliss-reactive ketones (excluding diaryl/α,β-unsaturated/α-hetero) is 1. The fourth-order valence-corrected chi connectivity index (χ4v) is 2.18. The van der Waals surface area contributed by atoms with E-state index >= 15 is 0 Å². The van der Waals surface area contributed by atoms with Crippen molar-refractivity contribution in [2.45, 2.75) is 19.8 Å². The summed E-state index contributed by atoms with van der Waals surface area (Å²) in [4.78, 5) is 27.4. The van der Waals surface area contributed by atoms with Crippen molar-refractivity contribution < 1.29 is 44.3 Å². The van der Waals surface area contributed by atoms with Gasteiger partial charge in [-0.2, -0.15) is 0 Å². The molecule has 0 aromatic heterocycles. The molecule has 0 bridgehead atoms. The van der Waals surface area contributed by atoms with E-state index in [2.05, 4.69) is 4.99 Å². The normalized spacial score (nSPS) is 18.7. The minimum absolute atomic E-state index is 0. The van der Waals surface area contributed by atoms with Gasteiger partial charge in [-0.3, -0.25) is 9.79 Å². The summed E-state index contributed by atoms with van der Waals surface area (Å²) in [5, 5.41) is 11.0. The summed E-state index contributed by atoms with van der Waals surface area (Å²) in [6, 6.07) is 9.02. The number of aliphatic carboxylic acids is 1. The van der Waals surface area contributed by atoms with Gasteiger partial charge < -0.3 is 9.90 Å². The van der Waals surface area contributed by atoms with Crippen LogP contribution in [0, 0.1) is 0 Å². The zero-order valence-electron chi connectivity index (χ0n) is 11.1. The van der Waals surface area contributed by atoms with E-state index in [1.807, 2.05) is 6.07 Å². The predicted molar refractivity (Wildman–Crippen MR) is 65.0 cm³/mol. The summed E-state index contributed by atoms with van der Waals surface area (Å²) in [7, 11) is 0. The van der Waals surface area contributed by atoms with E-state index in [-0.39, 0.29) is 40.8 Å². The molecule has 0 aliphatic carbocycles. The molecule has 0 amide bonds. The third-order valence-corrected chi connectivity index (χ3v) is 2.97. The Balaban J connectivity index is 0.00000180. The van der Waals surface area contributed by atoms with Crippen LogP contribution in [-0.4, -0.2) is 17.5 Å². The minimum atomic E-state index is -1.46. The van der Waals surface area contributed by atoms with Crippen molar-refractivity contribution in [2.24, 2.45) is 4.99 Å². The summed E-state index contributed by atoms with van der Waals surface area (Å²) in [6.07, 6.45) is 0. The van der Waals surface area contributed by atoms with Gasteiger partial charge in [0.1, 0.15) is 0 Å². The van der Waals surface area contributed by atoms with Gasteiger partial charge in [0.05, 0.1) is 17.5 Å². The molecular formula is C14H12NNaO3. The first kappa shape index (κ1) is 15.8. The monoisotopic (exact) mass is 265 g/mol. The maximum Gasteiger partial charge on any atom is 1.00 e. The predicted octanol–water partition coefficient (Wildman–Crippen LogP) is -2.16. The van der Waals surface area contributed by atoms with E-state index in [1.54, 1.807) is 31.2 Å². The zero-order chi connectivity index (χ0) is 13.3. The maximum atomic E-state index is 12.2. The summed E-state index contributed by atoms with van der Waals surface area (Å²) in [5.41, 5.74) is 1.24. The van der Waals surface area contributed by atoms with Crippen LogP contribution >= 0.6 is 0 Å². The topological polar surface area (TPSA) is 69.6 Å². The third kappa shape index (κ3) is 3.03.